The van der Waals surface area contributed by atoms with Crippen LogP contribution >= 0.6 is 11.8 Å². The number of aromatic nitrogens is 3. The summed E-state index contributed by atoms with van der Waals surface area (Å²) >= 11 is 1.44. The molecule has 0 atom stereocenters. The van der Waals surface area contributed by atoms with Crippen molar-refractivity contribution in [3.05, 3.63) is 39.8 Å². The fraction of sp³-hybridized carbons (Fsp3) is 0.357. The van der Waals surface area contributed by atoms with E-state index >= 15 is 0 Å². The third kappa shape index (κ3) is 3.47. The van der Waals surface area contributed by atoms with Gasteiger partial charge in [0.15, 0.2) is 5.16 Å². The molecule has 0 saturated carbocycles. The molecule has 21 heavy (non-hydrogen) atoms. The Morgan fingerprint density at radius 1 is 1.52 bits per heavy atom. The van der Waals surface area contributed by atoms with E-state index < -0.39 is 0 Å². The van der Waals surface area contributed by atoms with Gasteiger partial charge in [-0.1, -0.05) is 18.7 Å². The van der Waals surface area contributed by atoms with Crippen molar-refractivity contribution in [1.82, 2.24) is 14.8 Å². The van der Waals surface area contributed by atoms with Crippen molar-refractivity contribution in [2.45, 2.75) is 30.8 Å². The van der Waals surface area contributed by atoms with Crippen LogP contribution in [0, 0.1) is 11.3 Å². The molecule has 0 bridgehead atoms. The Hall–Kier alpha value is -2.20. The lowest BCUT2D eigenvalue weighted by Gasteiger charge is -2.08. The summed E-state index contributed by atoms with van der Waals surface area (Å²) in [5, 5.41) is 16.1. The molecule has 1 aromatic carbocycles. The maximum Gasteiger partial charge on any atom is 0.343 e. The van der Waals surface area contributed by atoms with Gasteiger partial charge in [-0.05, 0) is 24.6 Å². The average molecular weight is 304 g/mol. The average Bonchev–Trinajstić information content (AvgIpc) is 2.86. The van der Waals surface area contributed by atoms with Crippen LogP contribution in [0.4, 0.5) is 0 Å². The van der Waals surface area contributed by atoms with E-state index in [9.17, 15) is 4.79 Å². The molecule has 2 aromatic rings. The van der Waals surface area contributed by atoms with Gasteiger partial charge in [0.1, 0.15) is 5.75 Å². The number of nitrogens with one attached hydrogen (secondary N) is 1. The van der Waals surface area contributed by atoms with Crippen molar-refractivity contribution in [3.63, 3.8) is 0 Å². The molecule has 6 nitrogen and oxygen atoms in total. The number of aromatic amines is 1. The highest BCUT2D eigenvalue weighted by atomic mass is 32.2. The number of H-pyrrole nitrogens is 1. The summed E-state index contributed by atoms with van der Waals surface area (Å²) in [7, 11) is 1.59. The Bertz CT molecular complexity index is 714. The Morgan fingerprint density at radius 2 is 2.33 bits per heavy atom. The standard InChI is InChI=1S/C14H16N4O2S/c1-3-6-18-13(19)16-17-14(18)21-9-11-7-10(8-15)4-5-12(11)20-2/h4-5,7H,3,6,9H2,1-2H3,(H,16,19). The Kier molecular flexibility index (Phi) is 5.06. The van der Waals surface area contributed by atoms with Crippen molar-refractivity contribution in [3.8, 4) is 11.8 Å². The molecule has 0 aliphatic rings. The fourth-order valence-electron chi connectivity index (χ4n) is 1.94. The van der Waals surface area contributed by atoms with Crippen molar-refractivity contribution in [2.24, 2.45) is 0 Å². The maximum atomic E-state index is 11.6. The van der Waals surface area contributed by atoms with Gasteiger partial charge in [-0.15, -0.1) is 5.10 Å². The fourth-order valence-corrected chi connectivity index (χ4v) is 2.89. The van der Waals surface area contributed by atoms with E-state index in [1.165, 1.54) is 11.8 Å². The Balaban J connectivity index is 2.20. The lowest BCUT2D eigenvalue weighted by Crippen LogP contribution is -2.17. The van der Waals surface area contributed by atoms with Crippen LogP contribution in [0.25, 0.3) is 0 Å². The monoisotopic (exact) mass is 304 g/mol. The molecule has 0 aliphatic carbocycles. The minimum atomic E-state index is -0.197. The maximum absolute atomic E-state index is 11.6. The quantitative estimate of drug-likeness (QED) is 0.827. The summed E-state index contributed by atoms with van der Waals surface area (Å²) in [6.45, 7) is 2.64. The molecule has 110 valence electrons. The Labute approximate surface area is 126 Å². The van der Waals surface area contributed by atoms with Crippen LogP contribution in [0.5, 0.6) is 5.75 Å². The first-order chi connectivity index (χ1) is 10.2. The number of benzene rings is 1. The SMILES string of the molecule is CCCn1c(SCc2cc(C#N)ccc2OC)n[nH]c1=O. The molecule has 0 fully saturated rings. The molecule has 0 spiro atoms. The largest absolute Gasteiger partial charge is 0.496 e. The molecular formula is C14H16N4O2S. The van der Waals surface area contributed by atoms with Crippen molar-refractivity contribution in [1.29, 1.82) is 5.26 Å². The van der Waals surface area contributed by atoms with Crippen LogP contribution in [0.2, 0.25) is 0 Å². The molecule has 2 rings (SSSR count). The topological polar surface area (TPSA) is 83.7 Å². The van der Waals surface area contributed by atoms with Crippen LogP contribution in [0.3, 0.4) is 0 Å². The highest BCUT2D eigenvalue weighted by Gasteiger charge is 2.11. The van der Waals surface area contributed by atoms with E-state index in [1.807, 2.05) is 6.92 Å². The lowest BCUT2D eigenvalue weighted by atomic mass is 10.1. The predicted molar refractivity (Wildman–Crippen MR) is 80.4 cm³/mol. The van der Waals surface area contributed by atoms with Gasteiger partial charge in [-0.3, -0.25) is 4.57 Å². The normalized spacial score (nSPS) is 10.3. The number of hydrogen-bond acceptors (Lipinski definition) is 5. The van der Waals surface area contributed by atoms with Crippen molar-refractivity contribution < 1.29 is 4.74 Å². The molecule has 0 amide bonds. The number of rotatable bonds is 6. The van der Waals surface area contributed by atoms with Crippen LogP contribution in [0.1, 0.15) is 24.5 Å². The van der Waals surface area contributed by atoms with Gasteiger partial charge < -0.3 is 4.74 Å². The minimum absolute atomic E-state index is 0.197. The molecule has 0 unspecified atom stereocenters. The zero-order chi connectivity index (χ0) is 15.2. The van der Waals surface area contributed by atoms with Gasteiger partial charge in [-0.2, -0.15) is 5.26 Å². The van der Waals surface area contributed by atoms with Crippen molar-refractivity contribution >= 4 is 11.8 Å². The lowest BCUT2D eigenvalue weighted by molar-refractivity contribution is 0.411. The van der Waals surface area contributed by atoms with E-state index in [0.29, 0.717) is 23.0 Å². The highest BCUT2D eigenvalue weighted by Crippen LogP contribution is 2.27. The molecule has 1 heterocycles. The van der Waals surface area contributed by atoms with Gasteiger partial charge in [0.2, 0.25) is 0 Å². The van der Waals surface area contributed by atoms with E-state index in [0.717, 1.165) is 17.7 Å². The molecule has 1 aromatic heterocycles. The van der Waals surface area contributed by atoms with Crippen molar-refractivity contribution in [2.75, 3.05) is 7.11 Å². The number of thioether (sulfide) groups is 1. The zero-order valence-electron chi connectivity index (χ0n) is 11.9. The third-order valence-corrected chi connectivity index (χ3v) is 3.96. The first-order valence-corrected chi connectivity index (χ1v) is 7.53. The van der Waals surface area contributed by atoms with Gasteiger partial charge in [0, 0.05) is 17.9 Å². The predicted octanol–water partition coefficient (Wildman–Crippen LogP) is 2.15. The van der Waals surface area contributed by atoms with Gasteiger partial charge >= 0.3 is 5.69 Å². The Morgan fingerprint density at radius 3 is 3.00 bits per heavy atom. The molecular weight excluding hydrogens is 288 g/mol. The first kappa shape index (κ1) is 15.2. The number of hydrogen-bond donors (Lipinski definition) is 1. The molecule has 0 saturated heterocycles. The summed E-state index contributed by atoms with van der Waals surface area (Å²) < 4.78 is 6.91. The number of ether oxygens (including phenoxy) is 1. The molecule has 0 radical (unpaired) electrons. The summed E-state index contributed by atoms with van der Waals surface area (Å²) in [6.07, 6.45) is 0.861. The second-order valence-electron chi connectivity index (χ2n) is 4.39. The second-order valence-corrected chi connectivity index (χ2v) is 5.33. The summed E-state index contributed by atoms with van der Waals surface area (Å²) in [6, 6.07) is 7.40. The van der Waals surface area contributed by atoms with Crippen LogP contribution in [0.15, 0.2) is 28.2 Å². The molecule has 0 aliphatic heterocycles. The van der Waals surface area contributed by atoms with Crippen LogP contribution in [-0.4, -0.2) is 21.9 Å². The third-order valence-electron chi connectivity index (χ3n) is 2.94. The van der Waals surface area contributed by atoms with E-state index in [1.54, 1.807) is 29.9 Å². The van der Waals surface area contributed by atoms with Gasteiger partial charge in [-0.25, -0.2) is 9.89 Å². The first-order valence-electron chi connectivity index (χ1n) is 6.54. The smallest absolute Gasteiger partial charge is 0.343 e. The zero-order valence-corrected chi connectivity index (χ0v) is 12.7. The molecule has 7 heteroatoms. The summed E-state index contributed by atoms with van der Waals surface area (Å²) in [4.78, 5) is 11.6. The van der Waals surface area contributed by atoms with Gasteiger partial charge in [0.05, 0.1) is 18.7 Å². The van der Waals surface area contributed by atoms with Crippen LogP contribution in [-0.2, 0) is 12.3 Å². The van der Waals surface area contributed by atoms with E-state index in [-0.39, 0.29) is 5.69 Å². The molecule has 1 N–H and O–H groups in total. The number of nitriles is 1. The number of methoxy groups -OCH3 is 1. The summed E-state index contributed by atoms with van der Waals surface area (Å²) in [5.41, 5.74) is 1.29. The van der Waals surface area contributed by atoms with E-state index in [2.05, 4.69) is 16.3 Å². The van der Waals surface area contributed by atoms with E-state index in [4.69, 9.17) is 10.00 Å². The highest BCUT2D eigenvalue weighted by molar-refractivity contribution is 7.98. The van der Waals surface area contributed by atoms with Gasteiger partial charge in [0.25, 0.3) is 0 Å². The second kappa shape index (κ2) is 6.99. The summed E-state index contributed by atoms with van der Waals surface area (Å²) in [5.74, 6) is 1.30. The number of nitrogens with zero attached hydrogens (tertiary/aromatic N) is 3. The van der Waals surface area contributed by atoms with Crippen LogP contribution < -0.4 is 10.4 Å². The minimum Gasteiger partial charge on any atom is -0.496 e.